The number of piperidine rings is 1. The number of β-amino-alcohol motifs (C(OH)–C–C–N with tert-alkyl or cyclic N) is 1. The van der Waals surface area contributed by atoms with Crippen LogP contribution in [0.2, 0.25) is 0 Å². The normalized spacial score (nSPS) is 25.2. The third-order valence-corrected chi connectivity index (χ3v) is 4.88. The summed E-state index contributed by atoms with van der Waals surface area (Å²) >= 11 is 0. The first-order valence-electron chi connectivity index (χ1n) is 8.27. The van der Waals surface area contributed by atoms with E-state index in [1.165, 1.54) is 0 Å². The molecule has 5 heteroatoms. The van der Waals surface area contributed by atoms with Crippen LogP contribution in [0.5, 0.6) is 0 Å². The Hall–Kier alpha value is -2.21. The number of H-pyrrole nitrogens is 1. The van der Waals surface area contributed by atoms with E-state index < -0.39 is 11.7 Å². The number of benzene rings is 2. The fraction of sp³-hybridized carbons (Fsp3) is 0.316. The molecule has 1 aliphatic rings. The number of hydrogen-bond acceptors (Lipinski definition) is 4. The molecule has 1 fully saturated rings. The molecule has 0 spiro atoms. The standard InChI is InChI=1S/C19H21N3O2/c23-17-12-22(11-10-19(17,24)14-6-2-1-3-7-14)13-18-20-15-8-4-5-9-16(15)21-18/h1-9,17,23-24H,10-13H2,(H,20,21)/t17-,19-/m0/s1. The largest absolute Gasteiger partial charge is 0.388 e. The van der Waals surface area contributed by atoms with Crippen molar-refractivity contribution >= 4 is 11.0 Å². The van der Waals surface area contributed by atoms with Gasteiger partial charge in [0.1, 0.15) is 11.4 Å². The highest BCUT2D eigenvalue weighted by atomic mass is 16.3. The number of aromatic amines is 1. The lowest BCUT2D eigenvalue weighted by Crippen LogP contribution is -2.53. The van der Waals surface area contributed by atoms with Crippen molar-refractivity contribution in [2.75, 3.05) is 13.1 Å². The van der Waals surface area contributed by atoms with Gasteiger partial charge in [0, 0.05) is 13.1 Å². The second kappa shape index (κ2) is 6.02. The van der Waals surface area contributed by atoms with E-state index in [1.807, 2.05) is 54.6 Å². The fourth-order valence-corrected chi connectivity index (χ4v) is 3.48. The summed E-state index contributed by atoms with van der Waals surface area (Å²) in [5.41, 5.74) is 1.57. The molecule has 0 aliphatic carbocycles. The molecule has 124 valence electrons. The summed E-state index contributed by atoms with van der Waals surface area (Å²) < 4.78 is 0. The van der Waals surface area contributed by atoms with Crippen molar-refractivity contribution in [3.63, 3.8) is 0 Å². The quantitative estimate of drug-likeness (QED) is 0.689. The number of hydrogen-bond donors (Lipinski definition) is 3. The maximum Gasteiger partial charge on any atom is 0.121 e. The molecule has 1 aliphatic heterocycles. The minimum Gasteiger partial charge on any atom is -0.388 e. The number of nitrogens with one attached hydrogen (secondary N) is 1. The van der Waals surface area contributed by atoms with Crippen LogP contribution < -0.4 is 0 Å². The Morgan fingerprint density at radius 1 is 1.12 bits per heavy atom. The van der Waals surface area contributed by atoms with Crippen LogP contribution in [0.15, 0.2) is 54.6 Å². The summed E-state index contributed by atoms with van der Waals surface area (Å²) in [6.45, 7) is 1.76. The van der Waals surface area contributed by atoms with E-state index >= 15 is 0 Å². The van der Waals surface area contributed by atoms with Gasteiger partial charge in [0.25, 0.3) is 0 Å². The van der Waals surface area contributed by atoms with Gasteiger partial charge in [0.05, 0.1) is 23.7 Å². The van der Waals surface area contributed by atoms with Gasteiger partial charge in [-0.15, -0.1) is 0 Å². The Labute approximate surface area is 140 Å². The van der Waals surface area contributed by atoms with Crippen molar-refractivity contribution in [3.8, 4) is 0 Å². The number of aromatic nitrogens is 2. The number of aliphatic hydroxyl groups is 2. The number of para-hydroxylation sites is 2. The molecule has 3 aromatic rings. The van der Waals surface area contributed by atoms with Gasteiger partial charge in [-0.3, -0.25) is 4.90 Å². The van der Waals surface area contributed by atoms with E-state index in [1.54, 1.807) is 0 Å². The molecule has 2 heterocycles. The number of nitrogens with zero attached hydrogens (tertiary/aromatic N) is 2. The zero-order chi connectivity index (χ0) is 16.6. The third-order valence-electron chi connectivity index (χ3n) is 4.88. The average molecular weight is 323 g/mol. The smallest absolute Gasteiger partial charge is 0.121 e. The van der Waals surface area contributed by atoms with Gasteiger partial charge >= 0.3 is 0 Å². The molecule has 0 unspecified atom stereocenters. The summed E-state index contributed by atoms with van der Waals surface area (Å²) in [6.07, 6.45) is -0.323. The van der Waals surface area contributed by atoms with Crippen LogP contribution in [-0.4, -0.2) is 44.3 Å². The molecule has 2 aromatic carbocycles. The van der Waals surface area contributed by atoms with Gasteiger partial charge in [-0.25, -0.2) is 4.98 Å². The molecule has 1 aromatic heterocycles. The van der Waals surface area contributed by atoms with E-state index in [4.69, 9.17) is 0 Å². The Kier molecular flexibility index (Phi) is 3.84. The number of imidazole rings is 1. The third kappa shape index (κ3) is 2.71. The van der Waals surface area contributed by atoms with Gasteiger partial charge in [-0.2, -0.15) is 0 Å². The van der Waals surface area contributed by atoms with Crippen molar-refractivity contribution in [1.82, 2.24) is 14.9 Å². The number of rotatable bonds is 3. The highest BCUT2D eigenvalue weighted by molar-refractivity contribution is 5.74. The summed E-state index contributed by atoms with van der Waals surface area (Å²) in [5.74, 6) is 0.883. The molecule has 1 saturated heterocycles. The van der Waals surface area contributed by atoms with E-state index in [2.05, 4.69) is 14.9 Å². The minimum atomic E-state index is -1.17. The number of fused-ring (bicyclic) bond motifs is 1. The van der Waals surface area contributed by atoms with Gasteiger partial charge in [0.2, 0.25) is 0 Å². The molecule has 2 atom stereocenters. The van der Waals surface area contributed by atoms with Crippen LogP contribution >= 0.6 is 0 Å². The Balaban J connectivity index is 1.48. The molecular formula is C19H21N3O2. The first-order valence-corrected chi connectivity index (χ1v) is 8.27. The fourth-order valence-electron chi connectivity index (χ4n) is 3.48. The molecule has 5 nitrogen and oxygen atoms in total. The van der Waals surface area contributed by atoms with Crippen LogP contribution in [0.25, 0.3) is 11.0 Å². The molecule has 4 rings (SSSR count). The molecule has 0 amide bonds. The van der Waals surface area contributed by atoms with E-state index in [0.29, 0.717) is 26.1 Å². The lowest BCUT2D eigenvalue weighted by Gasteiger charge is -2.42. The van der Waals surface area contributed by atoms with Gasteiger partial charge < -0.3 is 15.2 Å². The molecule has 3 N–H and O–H groups in total. The minimum absolute atomic E-state index is 0.419. The Morgan fingerprint density at radius 2 is 1.88 bits per heavy atom. The average Bonchev–Trinajstić information content (AvgIpc) is 3.01. The molecular weight excluding hydrogens is 302 g/mol. The van der Waals surface area contributed by atoms with Gasteiger partial charge in [-0.05, 0) is 24.1 Å². The van der Waals surface area contributed by atoms with Crippen LogP contribution in [0, 0.1) is 0 Å². The summed E-state index contributed by atoms with van der Waals surface area (Å²) in [6, 6.07) is 17.4. The van der Waals surface area contributed by atoms with Crippen LogP contribution in [0.3, 0.4) is 0 Å². The molecule has 0 radical (unpaired) electrons. The predicted molar refractivity (Wildman–Crippen MR) is 92.3 cm³/mol. The zero-order valence-corrected chi connectivity index (χ0v) is 13.4. The topological polar surface area (TPSA) is 72.4 Å². The highest BCUT2D eigenvalue weighted by Gasteiger charge is 2.41. The summed E-state index contributed by atoms with van der Waals surface area (Å²) in [7, 11) is 0. The number of aliphatic hydroxyl groups excluding tert-OH is 1. The van der Waals surface area contributed by atoms with Gasteiger partial charge in [-0.1, -0.05) is 42.5 Å². The first-order chi connectivity index (χ1) is 11.6. The van der Waals surface area contributed by atoms with Crippen LogP contribution in [0.1, 0.15) is 17.8 Å². The zero-order valence-electron chi connectivity index (χ0n) is 13.4. The molecule has 0 bridgehead atoms. The SMILES string of the molecule is O[C@H]1CN(Cc2nc3ccccc3[nH]2)CC[C@]1(O)c1ccccc1. The van der Waals surface area contributed by atoms with Crippen LogP contribution in [-0.2, 0) is 12.1 Å². The lowest BCUT2D eigenvalue weighted by atomic mass is 9.82. The Morgan fingerprint density at radius 3 is 2.62 bits per heavy atom. The summed E-state index contributed by atoms with van der Waals surface area (Å²) in [5, 5.41) is 21.5. The summed E-state index contributed by atoms with van der Waals surface area (Å²) in [4.78, 5) is 10.0. The first kappa shape index (κ1) is 15.3. The monoisotopic (exact) mass is 323 g/mol. The van der Waals surface area contributed by atoms with E-state index in [9.17, 15) is 10.2 Å². The maximum atomic E-state index is 10.9. The second-order valence-electron chi connectivity index (χ2n) is 6.49. The van der Waals surface area contributed by atoms with Crippen molar-refractivity contribution in [2.24, 2.45) is 0 Å². The van der Waals surface area contributed by atoms with Crippen molar-refractivity contribution < 1.29 is 10.2 Å². The van der Waals surface area contributed by atoms with Gasteiger partial charge in [0.15, 0.2) is 0 Å². The second-order valence-corrected chi connectivity index (χ2v) is 6.49. The van der Waals surface area contributed by atoms with Crippen molar-refractivity contribution in [3.05, 3.63) is 66.0 Å². The van der Waals surface area contributed by atoms with Crippen molar-refractivity contribution in [2.45, 2.75) is 24.7 Å². The number of likely N-dealkylation sites (tertiary alicyclic amines) is 1. The highest BCUT2D eigenvalue weighted by Crippen LogP contribution is 2.33. The van der Waals surface area contributed by atoms with Crippen LogP contribution in [0.4, 0.5) is 0 Å². The molecule has 0 saturated carbocycles. The molecule has 24 heavy (non-hydrogen) atoms. The lowest BCUT2D eigenvalue weighted by molar-refractivity contribution is -0.126. The van der Waals surface area contributed by atoms with E-state index in [-0.39, 0.29) is 0 Å². The van der Waals surface area contributed by atoms with Crippen molar-refractivity contribution in [1.29, 1.82) is 0 Å². The predicted octanol–water partition coefficient (Wildman–Crippen LogP) is 2.02. The Bertz CT molecular complexity index is 800. The maximum absolute atomic E-state index is 10.9. The van der Waals surface area contributed by atoms with E-state index in [0.717, 1.165) is 22.4 Å².